The molecule has 8 heterocycles. The number of benzene rings is 4. The molecule has 0 saturated carbocycles. The van der Waals surface area contributed by atoms with Crippen molar-refractivity contribution < 1.29 is 28.7 Å². The van der Waals surface area contributed by atoms with Gasteiger partial charge in [0.25, 0.3) is 11.8 Å². The molecule has 4 aromatic carbocycles. The summed E-state index contributed by atoms with van der Waals surface area (Å²) in [7, 11) is 6.10. The minimum atomic E-state index is -0.411. The highest BCUT2D eigenvalue weighted by Gasteiger charge is 2.36. The van der Waals surface area contributed by atoms with Gasteiger partial charge in [-0.3, -0.25) is 14.5 Å². The Labute approximate surface area is 468 Å². The zero-order chi connectivity index (χ0) is 55.7. The van der Waals surface area contributed by atoms with Crippen molar-refractivity contribution in [3.8, 4) is 22.8 Å². The molecule has 12 rings (SSSR count). The summed E-state index contributed by atoms with van der Waals surface area (Å²) >= 11 is 0. The number of nitrogens with one attached hydrogen (secondary N) is 4. The molecule has 22 nitrogen and oxygen atoms in total. The molecule has 4 N–H and O–H groups in total. The first-order valence-electron chi connectivity index (χ1n) is 27.3. The lowest BCUT2D eigenvalue weighted by molar-refractivity contribution is -0.0112. The smallest absolute Gasteiger partial charge is 0.323 e. The van der Waals surface area contributed by atoms with E-state index in [4.69, 9.17) is 29.6 Å². The molecule has 4 fully saturated rings. The molecule has 4 saturated heterocycles. The molecule has 8 aromatic rings. The maximum Gasteiger partial charge on any atom is 0.323 e. The van der Waals surface area contributed by atoms with Crippen LogP contribution < -0.4 is 31.1 Å². The van der Waals surface area contributed by atoms with Crippen LogP contribution in [0.25, 0.3) is 33.8 Å². The standard InChI is InChI=1S/C59H64N16O6/c1-38-37-80-29-28-73(38)55-51-8-6-26-75(51)67-53(65-55)40-11-19-44(20-12-40)61-59(79)63-46-23-15-42(16-24-46)57(77)72-33-48(34-72)69(4)35-49-36-70(27-30-81-49)54-50-7-5-25-74(50)66-52(64-54)39-9-17-43(18-10-39)60-58(78)62-45-21-13-41(14-22-45)56(76)71-31-47(32-71)68(2)3/h5-26,38,47-49H,27-37H2,1-4H3,(H2,60,62,78)(H2,61,63,79)/t38-,49?/m1/s1. The second kappa shape index (κ2) is 22.7. The van der Waals surface area contributed by atoms with E-state index >= 15 is 0 Å². The molecule has 81 heavy (non-hydrogen) atoms. The molecule has 0 spiro atoms. The number of ether oxygens (including phenoxy) is 2. The summed E-state index contributed by atoms with van der Waals surface area (Å²) in [6, 6.07) is 36.5. The molecule has 0 bridgehead atoms. The predicted molar refractivity (Wildman–Crippen MR) is 310 cm³/mol. The summed E-state index contributed by atoms with van der Waals surface area (Å²) in [5.74, 6) is 2.70. The third-order valence-corrected chi connectivity index (χ3v) is 15.5. The number of hydrogen-bond donors (Lipinski definition) is 4. The van der Waals surface area contributed by atoms with Crippen molar-refractivity contribution in [2.75, 3.05) is 124 Å². The number of likely N-dealkylation sites (tertiary alicyclic amines) is 2. The first kappa shape index (κ1) is 52.7. The Bertz CT molecular complexity index is 3580. The summed E-state index contributed by atoms with van der Waals surface area (Å²) in [5.41, 5.74) is 6.86. The number of aromatic nitrogens is 6. The molecular formula is C59H64N16O6. The van der Waals surface area contributed by atoms with Gasteiger partial charge in [-0.1, -0.05) is 0 Å². The second-order valence-electron chi connectivity index (χ2n) is 21.3. The maximum atomic E-state index is 13.6. The highest BCUT2D eigenvalue weighted by atomic mass is 16.5. The highest BCUT2D eigenvalue weighted by molar-refractivity contribution is 6.02. The number of fused-ring (bicyclic) bond motifs is 2. The fraction of sp³-hybridized carbons (Fsp3) is 0.322. The summed E-state index contributed by atoms with van der Waals surface area (Å²) in [4.78, 5) is 75.1. The van der Waals surface area contributed by atoms with Crippen LogP contribution in [-0.4, -0.2) is 190 Å². The Morgan fingerprint density at radius 3 is 1.53 bits per heavy atom. The molecular weight excluding hydrogens is 1030 g/mol. The summed E-state index contributed by atoms with van der Waals surface area (Å²) < 4.78 is 15.7. The third kappa shape index (κ3) is 11.4. The van der Waals surface area contributed by atoms with Crippen molar-refractivity contribution >= 4 is 69.3 Å². The zero-order valence-electron chi connectivity index (χ0n) is 45.6. The van der Waals surface area contributed by atoms with Crippen LogP contribution in [0.4, 0.5) is 44.0 Å². The largest absolute Gasteiger partial charge is 0.377 e. The Balaban J connectivity index is 0.598. The van der Waals surface area contributed by atoms with Crippen LogP contribution in [0.2, 0.25) is 0 Å². The maximum absolute atomic E-state index is 13.6. The van der Waals surface area contributed by atoms with Gasteiger partial charge in [0.2, 0.25) is 0 Å². The van der Waals surface area contributed by atoms with Gasteiger partial charge in [-0.15, -0.1) is 10.2 Å². The van der Waals surface area contributed by atoms with Gasteiger partial charge in [-0.25, -0.2) is 28.6 Å². The fourth-order valence-electron chi connectivity index (χ4n) is 10.7. The summed E-state index contributed by atoms with van der Waals surface area (Å²) in [6.07, 6.45) is 3.72. The van der Waals surface area contributed by atoms with Crippen molar-refractivity contribution in [3.05, 3.63) is 145 Å². The zero-order valence-corrected chi connectivity index (χ0v) is 45.6. The monoisotopic (exact) mass is 1090 g/mol. The Morgan fingerprint density at radius 1 is 0.568 bits per heavy atom. The molecule has 0 aliphatic carbocycles. The van der Waals surface area contributed by atoms with E-state index in [1.54, 1.807) is 48.5 Å². The van der Waals surface area contributed by atoms with Crippen LogP contribution in [-0.2, 0) is 9.47 Å². The van der Waals surface area contributed by atoms with Gasteiger partial charge in [0.05, 0.1) is 32.0 Å². The molecule has 6 amide bonds. The topological polar surface area (TPSA) is 215 Å². The molecule has 4 aliphatic rings. The first-order valence-corrected chi connectivity index (χ1v) is 27.3. The van der Waals surface area contributed by atoms with Gasteiger partial charge >= 0.3 is 12.1 Å². The fourth-order valence-corrected chi connectivity index (χ4v) is 10.7. The quantitative estimate of drug-likeness (QED) is 0.0896. The van der Waals surface area contributed by atoms with E-state index in [-0.39, 0.29) is 30.0 Å². The van der Waals surface area contributed by atoms with E-state index in [9.17, 15) is 19.2 Å². The average Bonchev–Trinajstić information content (AvgIpc) is 4.29. The lowest BCUT2D eigenvalue weighted by Gasteiger charge is -2.45. The highest BCUT2D eigenvalue weighted by Crippen LogP contribution is 2.30. The lowest BCUT2D eigenvalue weighted by atomic mass is 10.0. The molecule has 4 aromatic heterocycles. The number of rotatable bonds is 14. The summed E-state index contributed by atoms with van der Waals surface area (Å²) in [5, 5.41) is 21.1. The van der Waals surface area contributed by atoms with Crippen LogP contribution >= 0.6 is 0 Å². The number of nitrogens with zero attached hydrogens (tertiary/aromatic N) is 12. The van der Waals surface area contributed by atoms with E-state index in [2.05, 4.69) is 54.8 Å². The third-order valence-electron chi connectivity index (χ3n) is 15.5. The molecule has 4 aliphatic heterocycles. The molecule has 22 heteroatoms. The van der Waals surface area contributed by atoms with E-state index in [1.807, 2.05) is 118 Å². The number of urea groups is 2. The van der Waals surface area contributed by atoms with Crippen LogP contribution in [0.15, 0.2) is 134 Å². The van der Waals surface area contributed by atoms with Gasteiger partial charge in [0.1, 0.15) is 11.0 Å². The van der Waals surface area contributed by atoms with Gasteiger partial charge in [0, 0.05) is 122 Å². The minimum Gasteiger partial charge on any atom is -0.377 e. The van der Waals surface area contributed by atoms with Crippen LogP contribution in [0, 0.1) is 0 Å². The Hall–Kier alpha value is -8.96. The van der Waals surface area contributed by atoms with Crippen molar-refractivity contribution in [1.82, 2.24) is 48.8 Å². The van der Waals surface area contributed by atoms with Gasteiger partial charge in [0.15, 0.2) is 23.3 Å². The van der Waals surface area contributed by atoms with Crippen molar-refractivity contribution in [1.29, 1.82) is 0 Å². The van der Waals surface area contributed by atoms with E-state index in [0.717, 1.165) is 40.3 Å². The number of carbonyl (C=O) groups is 4. The Morgan fingerprint density at radius 2 is 1.04 bits per heavy atom. The molecule has 416 valence electrons. The second-order valence-corrected chi connectivity index (χ2v) is 21.3. The van der Waals surface area contributed by atoms with Gasteiger partial charge < -0.3 is 55.2 Å². The van der Waals surface area contributed by atoms with Gasteiger partial charge in [-0.05, 0) is 149 Å². The van der Waals surface area contributed by atoms with Crippen LogP contribution in [0.3, 0.4) is 0 Å². The predicted octanol–water partition coefficient (Wildman–Crippen LogP) is 6.67. The van der Waals surface area contributed by atoms with E-state index < -0.39 is 12.1 Å². The lowest BCUT2D eigenvalue weighted by Crippen LogP contribution is -2.61. The van der Waals surface area contributed by atoms with Gasteiger partial charge in [-0.2, -0.15) is 0 Å². The molecule has 1 unspecified atom stereocenters. The number of hydrogen-bond acceptors (Lipinski definition) is 14. The SMILES string of the molecule is C[C@@H]1COCCN1c1nc(-c2ccc(NC(=O)Nc3ccc(C(=O)N4CC(N(C)CC5CN(c6nc(-c7ccc(NC(=O)Nc8ccc(C(=O)N9CC(N(C)C)C9)cc8)cc7)nn7cccc67)CCO5)C4)cc3)cc2)nn2cccc12. The van der Waals surface area contributed by atoms with E-state index in [1.165, 1.54) is 0 Å². The average molecular weight is 1090 g/mol. The number of morpholine rings is 2. The number of amides is 6. The Kier molecular flexibility index (Phi) is 14.7. The van der Waals surface area contributed by atoms with Crippen LogP contribution in [0.1, 0.15) is 27.6 Å². The van der Waals surface area contributed by atoms with Crippen molar-refractivity contribution in [2.45, 2.75) is 31.2 Å². The number of likely N-dealkylation sites (N-methyl/N-ethyl adjacent to an activating group) is 2. The molecule has 0 radical (unpaired) electrons. The minimum absolute atomic E-state index is 0.0169. The molecule has 2 atom stereocenters. The van der Waals surface area contributed by atoms with Crippen molar-refractivity contribution in [3.63, 3.8) is 0 Å². The summed E-state index contributed by atoms with van der Waals surface area (Å²) in [6.45, 7) is 9.20. The first-order chi connectivity index (χ1) is 39.3. The number of carbonyl (C=O) groups excluding carboxylic acids is 4. The van der Waals surface area contributed by atoms with Crippen LogP contribution in [0.5, 0.6) is 0 Å². The normalized spacial score (nSPS) is 17.8. The van der Waals surface area contributed by atoms with E-state index in [0.29, 0.717) is 117 Å². The van der Waals surface area contributed by atoms with Crippen molar-refractivity contribution in [2.24, 2.45) is 0 Å². The number of anilines is 6.